The summed E-state index contributed by atoms with van der Waals surface area (Å²) < 4.78 is 240. The van der Waals surface area contributed by atoms with Gasteiger partial charge < -0.3 is 5.11 Å². The molecule has 0 amide bonds. The number of piperidine rings is 4. The molecule has 6 rings (SSSR count). The van der Waals surface area contributed by atoms with Gasteiger partial charge in [0, 0.05) is 145 Å². The summed E-state index contributed by atoms with van der Waals surface area (Å²) in [6, 6.07) is 0.367. The van der Waals surface area contributed by atoms with Crippen LogP contribution in [0.2, 0.25) is 0 Å². The highest BCUT2D eigenvalue weighted by Gasteiger charge is 2.64. The molecule has 0 aromatic carbocycles. The summed E-state index contributed by atoms with van der Waals surface area (Å²) in [5.74, 6) is -6.35. The molecule has 0 aromatic rings. The van der Waals surface area contributed by atoms with Gasteiger partial charge in [-0.05, 0) is 215 Å². The molecule has 0 radical (unpaired) electrons. The molecule has 14 unspecified atom stereocenters. The first-order valence-electron chi connectivity index (χ1n) is 40.6. The summed E-state index contributed by atoms with van der Waals surface area (Å²) in [4.78, 5) is 21.0. The van der Waals surface area contributed by atoms with E-state index in [1.54, 1.807) is 6.92 Å². The lowest BCUT2D eigenvalue weighted by Crippen LogP contribution is -2.73. The van der Waals surface area contributed by atoms with Crippen LogP contribution in [0.1, 0.15) is 183 Å². The van der Waals surface area contributed by atoms with Gasteiger partial charge >= 0.3 is 0 Å². The van der Waals surface area contributed by atoms with Crippen LogP contribution in [0.3, 0.4) is 0 Å². The molecule has 2 aliphatic carbocycles. The van der Waals surface area contributed by atoms with Crippen molar-refractivity contribution < 1.29 is 80.9 Å². The summed E-state index contributed by atoms with van der Waals surface area (Å²) in [5.41, 5.74) is -0.204. The van der Waals surface area contributed by atoms with Gasteiger partial charge in [-0.25, -0.2) is 50.5 Å². The Morgan fingerprint density at radius 1 is 0.509 bits per heavy atom. The van der Waals surface area contributed by atoms with Crippen LogP contribution >= 0.6 is 0 Å². The maximum atomic E-state index is 16.2. The Labute approximate surface area is 679 Å². The van der Waals surface area contributed by atoms with Crippen LogP contribution in [-0.2, 0) is 124 Å². The number of nitrogens with zero attached hydrogens (tertiary/aromatic N) is 8. The van der Waals surface area contributed by atoms with Gasteiger partial charge in [0.25, 0.3) is 0 Å². The van der Waals surface area contributed by atoms with Crippen molar-refractivity contribution in [2.24, 2.45) is 0 Å². The molecule has 14 atom stereocenters. The first-order valence-corrected chi connectivity index (χ1v) is 59.9. The maximum absolute atomic E-state index is 16.2. The molecular formula is C71H140N8O19S12. The van der Waals surface area contributed by atoms with E-state index in [2.05, 4.69) is 94.8 Å². The molecule has 2 saturated carbocycles. The number of hydrogen-bond donors (Lipinski definition) is 1. The average molecular weight is 1790 g/mol. The van der Waals surface area contributed by atoms with E-state index in [1.165, 1.54) is 19.3 Å². The molecule has 0 spiro atoms. The number of aliphatic hydroxyl groups is 1. The van der Waals surface area contributed by atoms with E-state index in [0.717, 1.165) is 162 Å². The van der Waals surface area contributed by atoms with Gasteiger partial charge in [-0.1, -0.05) is 54.9 Å². The monoisotopic (exact) mass is 1790 g/mol. The molecule has 110 heavy (non-hydrogen) atoms. The van der Waals surface area contributed by atoms with Gasteiger partial charge in [-0.2, -0.15) is 0 Å². The van der Waals surface area contributed by atoms with Crippen LogP contribution in [0.25, 0.3) is 0 Å². The fourth-order valence-electron chi connectivity index (χ4n) is 17.4. The zero-order chi connectivity index (χ0) is 81.7. The zero-order valence-electron chi connectivity index (χ0n) is 67.9. The van der Waals surface area contributed by atoms with Gasteiger partial charge in [0.05, 0.1) is 63.1 Å². The molecule has 1 N–H and O–H groups in total. The summed E-state index contributed by atoms with van der Waals surface area (Å²) in [5, 5.41) is 9.33. The van der Waals surface area contributed by atoms with Gasteiger partial charge in [0.15, 0.2) is 44.4 Å². The molecule has 4 saturated heterocycles. The van der Waals surface area contributed by atoms with Gasteiger partial charge in [-0.3, -0.25) is 64.5 Å². The number of likely N-dealkylation sites (tertiary alicyclic amines) is 4. The molecule has 4 aliphatic heterocycles. The van der Waals surface area contributed by atoms with Crippen molar-refractivity contribution in [2.45, 2.75) is 238 Å². The normalized spacial score (nSPS) is 24.9. The molecule has 0 aromatic heterocycles. The minimum atomic E-state index is -4.87. The summed E-state index contributed by atoms with van der Waals surface area (Å²) in [6.07, 6.45) is 11.3. The second-order valence-corrected chi connectivity index (χ2v) is 57.3. The molecule has 27 nitrogen and oxygen atoms in total. The fourth-order valence-corrected chi connectivity index (χ4v) is 42.8. The van der Waals surface area contributed by atoms with Crippen molar-refractivity contribution >= 4 is 124 Å². The van der Waals surface area contributed by atoms with Crippen molar-refractivity contribution in [2.75, 3.05) is 203 Å². The van der Waals surface area contributed by atoms with Crippen LogP contribution in [0.5, 0.6) is 0 Å². The molecule has 39 heteroatoms. The second kappa shape index (κ2) is 45.2. The smallest absolute Gasteiger partial charge is 0.182 e. The Balaban J connectivity index is 1.23. The third-order valence-corrected chi connectivity index (χ3v) is 49.2. The van der Waals surface area contributed by atoms with E-state index in [1.807, 2.05) is 0 Å². The predicted octanol–water partition coefficient (Wildman–Crippen LogP) is 3.22. The third-order valence-electron chi connectivity index (χ3n) is 23.4. The Hall–Kier alpha value is 0.240. The predicted molar refractivity (Wildman–Crippen MR) is 454 cm³/mol. The van der Waals surface area contributed by atoms with Gasteiger partial charge in [-0.15, -0.1) is 0 Å². The van der Waals surface area contributed by atoms with E-state index < -0.39 is 212 Å². The van der Waals surface area contributed by atoms with Gasteiger partial charge in [0.1, 0.15) is 43.5 Å². The molecule has 0 bridgehead atoms. The zero-order valence-corrected chi connectivity index (χ0v) is 77.7. The Kier molecular flexibility index (Phi) is 40.7. The average Bonchev–Trinajstić information content (AvgIpc) is 1.55. The van der Waals surface area contributed by atoms with Crippen molar-refractivity contribution in [3.63, 3.8) is 0 Å². The largest absolute Gasteiger partial charge is 0.391 e. The maximum Gasteiger partial charge on any atom is 0.182 e. The van der Waals surface area contributed by atoms with Crippen molar-refractivity contribution in [1.29, 1.82) is 0 Å². The minimum absolute atomic E-state index is 0.0645. The highest BCUT2D eigenvalue weighted by atomic mass is 32.3. The van der Waals surface area contributed by atoms with E-state index in [0.29, 0.717) is 19.0 Å². The fraction of sp³-hybridized carbons (Fsp3) is 1.00. The highest BCUT2D eigenvalue weighted by Crippen LogP contribution is 2.51. The first kappa shape index (κ1) is 99.1. The number of sulfone groups is 6. The van der Waals surface area contributed by atoms with E-state index >= 15 is 12.6 Å². The van der Waals surface area contributed by atoms with Crippen LogP contribution in [0.4, 0.5) is 0 Å². The standard InChI is InChI=1S/C71H140N8O19S12/c1-11-34-75(35-12-2)62-26-21-41-78(55-62)64(57-73-38-23-29-69(59-73,72(8)9)68(74(16-6)17-7)77-39-19-18-20-40-77)67(79-42-22-27-63(56-79)76(36-13-3)37-14-4)103(85)60-101(83)47-46-99(81)43-24-44-102(84)66(110(97,98)70(30-31-70)65(80)58-100(82)48-52-105(10,87)88)28-45-104(86)71(32-33-71)109(95,96)61-108(93,94)54-53-107(91,92)51-25-50-106(89,90)49-15-5/h62-68,80H,11-61H2,1-10H3. The lowest BCUT2D eigenvalue weighted by molar-refractivity contribution is -0.104. The minimum Gasteiger partial charge on any atom is -0.391 e. The lowest BCUT2D eigenvalue weighted by atomic mass is 9.82. The molecule has 650 valence electrons. The van der Waals surface area contributed by atoms with Gasteiger partial charge in [0.2, 0.25) is 0 Å². The van der Waals surface area contributed by atoms with Crippen molar-refractivity contribution in [3.05, 3.63) is 0 Å². The van der Waals surface area contributed by atoms with Crippen molar-refractivity contribution in [1.82, 2.24) is 39.2 Å². The topological polar surface area (TPSA) is 353 Å². The van der Waals surface area contributed by atoms with Crippen LogP contribution in [-0.4, -0.2) is 378 Å². The summed E-state index contributed by atoms with van der Waals surface area (Å²) >= 11 is 0. The SMILES string of the molecule is CCCN(CCC)C1CCCN(C(CN2CCCC(C(N(CC)CC)N3CCCCC3)(N(C)C)C2)C(N2CCCC(N(CCC)CCC)C2)S(=O)CS(=O)CCS(=O)CCCS(=O)C(CCS(=O)C2(S(=O)(=O)CS(=O)(=O)CCS(=O)(=O)CCCS(=O)(=O)CCC)CC2)S(=O)(=O)C2(C(O)CS(=O)CCS(C)(=O)=O)CC2)C1. The summed E-state index contributed by atoms with van der Waals surface area (Å²) in [7, 11) is -33.3. The van der Waals surface area contributed by atoms with E-state index in [-0.39, 0.29) is 90.4 Å². The molecule has 6 aliphatic rings. The van der Waals surface area contributed by atoms with Crippen LogP contribution < -0.4 is 0 Å². The van der Waals surface area contributed by atoms with Crippen molar-refractivity contribution in [3.8, 4) is 0 Å². The molecule has 4 heterocycles. The number of likely N-dealkylation sites (N-methyl/N-ethyl adjacent to an activating group) is 2. The molecular weight excluding hydrogens is 1650 g/mol. The quantitative estimate of drug-likeness (QED) is 0.0913. The molecule has 6 fully saturated rings. The number of rotatable bonds is 56. The lowest BCUT2D eigenvalue weighted by Gasteiger charge is -2.58. The number of hydrogen-bond acceptors (Lipinski definition) is 27. The Morgan fingerprint density at radius 3 is 1.57 bits per heavy atom. The first-order chi connectivity index (χ1) is 51.7. The van der Waals surface area contributed by atoms with Crippen LogP contribution in [0.15, 0.2) is 0 Å². The Bertz CT molecular complexity index is 3740. The highest BCUT2D eigenvalue weighted by molar-refractivity contribution is 8.15. The third kappa shape index (κ3) is 28.4. The van der Waals surface area contributed by atoms with Crippen LogP contribution in [0, 0.1) is 0 Å². The number of aliphatic hydroxyl groups excluding tert-OH is 1. The summed E-state index contributed by atoms with van der Waals surface area (Å²) in [6.45, 7) is 28.5. The van der Waals surface area contributed by atoms with E-state index in [4.69, 9.17) is 0 Å². The Morgan fingerprint density at radius 2 is 1.05 bits per heavy atom. The second-order valence-electron chi connectivity index (χ2n) is 32.2. The van der Waals surface area contributed by atoms with E-state index in [9.17, 15) is 68.2 Å².